The highest BCUT2D eigenvalue weighted by Gasteiger charge is 2.25. The smallest absolute Gasteiger partial charge is 0.321 e. The van der Waals surface area contributed by atoms with E-state index in [-0.39, 0.29) is 6.03 Å². The van der Waals surface area contributed by atoms with E-state index in [1.165, 1.54) is 17.7 Å². The van der Waals surface area contributed by atoms with Crippen LogP contribution in [0.4, 0.5) is 16.2 Å². The molecular formula is C24H31ClN4O. The number of piperidine rings is 1. The molecule has 160 valence electrons. The van der Waals surface area contributed by atoms with E-state index in [9.17, 15) is 4.79 Å². The summed E-state index contributed by atoms with van der Waals surface area (Å²) in [7, 11) is 4.29. The van der Waals surface area contributed by atoms with Gasteiger partial charge in [-0.2, -0.15) is 0 Å². The van der Waals surface area contributed by atoms with E-state index >= 15 is 0 Å². The molecule has 6 heteroatoms. The molecule has 1 N–H and O–H groups in total. The lowest BCUT2D eigenvalue weighted by Crippen LogP contribution is -2.40. The van der Waals surface area contributed by atoms with Crippen LogP contribution in [0.15, 0.2) is 48.5 Å². The second kappa shape index (κ2) is 9.27. The third kappa shape index (κ3) is 4.90. The van der Waals surface area contributed by atoms with E-state index in [1.54, 1.807) is 0 Å². The lowest BCUT2D eigenvalue weighted by molar-refractivity contribution is 0.194. The number of urea groups is 1. The van der Waals surface area contributed by atoms with Crippen molar-refractivity contribution < 1.29 is 4.79 Å². The zero-order valence-electron chi connectivity index (χ0n) is 17.9. The van der Waals surface area contributed by atoms with Crippen LogP contribution in [0, 0.1) is 0 Å². The number of nitrogens with one attached hydrogen (secondary N) is 1. The average molecular weight is 427 g/mol. The SMILES string of the molecule is CN(C)C1CCN(c2ccc(NC(=O)N3CCC(c4ccc(Cl)cc4)CC3)cc2)C1. The van der Waals surface area contributed by atoms with Gasteiger partial charge >= 0.3 is 6.03 Å². The first-order chi connectivity index (χ1) is 14.5. The van der Waals surface area contributed by atoms with E-state index in [2.05, 4.69) is 53.5 Å². The maximum atomic E-state index is 12.7. The van der Waals surface area contributed by atoms with Crippen molar-refractivity contribution in [2.45, 2.75) is 31.2 Å². The lowest BCUT2D eigenvalue weighted by Gasteiger charge is -2.32. The van der Waals surface area contributed by atoms with Gasteiger partial charge in [-0.25, -0.2) is 4.79 Å². The van der Waals surface area contributed by atoms with Crippen LogP contribution in [0.1, 0.15) is 30.7 Å². The summed E-state index contributed by atoms with van der Waals surface area (Å²) in [6.07, 6.45) is 3.16. The molecule has 2 aliphatic heterocycles. The monoisotopic (exact) mass is 426 g/mol. The number of amides is 2. The third-order valence-corrected chi connectivity index (χ3v) is 6.75. The molecule has 2 fully saturated rings. The first-order valence-electron chi connectivity index (χ1n) is 10.8. The molecule has 4 rings (SSSR count). The summed E-state index contributed by atoms with van der Waals surface area (Å²) in [4.78, 5) is 19.3. The van der Waals surface area contributed by atoms with Gasteiger partial charge in [-0.3, -0.25) is 0 Å². The van der Waals surface area contributed by atoms with Crippen LogP contribution in [-0.4, -0.2) is 62.1 Å². The zero-order chi connectivity index (χ0) is 21.1. The first kappa shape index (κ1) is 21.0. The number of nitrogens with zero attached hydrogens (tertiary/aromatic N) is 3. The number of benzene rings is 2. The Bertz CT molecular complexity index is 845. The summed E-state index contributed by atoms with van der Waals surface area (Å²) < 4.78 is 0. The van der Waals surface area contributed by atoms with Crippen LogP contribution in [0.25, 0.3) is 0 Å². The predicted molar refractivity (Wildman–Crippen MR) is 125 cm³/mol. The number of hydrogen-bond acceptors (Lipinski definition) is 3. The Morgan fingerprint density at radius 3 is 2.23 bits per heavy atom. The minimum Gasteiger partial charge on any atom is -0.370 e. The predicted octanol–water partition coefficient (Wildman–Crippen LogP) is 4.89. The van der Waals surface area contributed by atoms with Crippen LogP contribution in [0.3, 0.4) is 0 Å². The van der Waals surface area contributed by atoms with Gasteiger partial charge in [-0.15, -0.1) is 0 Å². The van der Waals surface area contributed by atoms with E-state index in [1.807, 2.05) is 29.2 Å². The van der Waals surface area contributed by atoms with Gasteiger partial charge in [-0.1, -0.05) is 23.7 Å². The maximum Gasteiger partial charge on any atom is 0.321 e. The molecule has 2 aromatic carbocycles. The van der Waals surface area contributed by atoms with Crippen LogP contribution >= 0.6 is 11.6 Å². The van der Waals surface area contributed by atoms with Crippen molar-refractivity contribution in [2.75, 3.05) is 50.5 Å². The molecule has 1 unspecified atom stereocenters. The summed E-state index contributed by atoms with van der Waals surface area (Å²) in [5.74, 6) is 0.497. The topological polar surface area (TPSA) is 38.8 Å². The second-order valence-corrected chi connectivity index (χ2v) is 9.08. The van der Waals surface area contributed by atoms with Gasteiger partial charge in [0.15, 0.2) is 0 Å². The molecule has 0 radical (unpaired) electrons. The average Bonchev–Trinajstić information content (AvgIpc) is 3.26. The fourth-order valence-electron chi connectivity index (χ4n) is 4.51. The molecule has 30 heavy (non-hydrogen) atoms. The number of likely N-dealkylation sites (tertiary alicyclic amines) is 1. The summed E-state index contributed by atoms with van der Waals surface area (Å²) >= 11 is 5.99. The Hall–Kier alpha value is -2.24. The standard InChI is InChI=1S/C24H31ClN4O/c1-27(2)23-13-16-29(17-23)22-9-7-21(8-10-22)26-24(30)28-14-11-19(12-15-28)18-3-5-20(25)6-4-18/h3-10,19,23H,11-17H2,1-2H3,(H,26,30). The first-order valence-corrected chi connectivity index (χ1v) is 11.2. The van der Waals surface area contributed by atoms with Gasteiger partial charge in [0, 0.05) is 48.6 Å². The van der Waals surface area contributed by atoms with Gasteiger partial charge < -0.3 is 20.0 Å². The van der Waals surface area contributed by atoms with E-state index in [4.69, 9.17) is 11.6 Å². The molecule has 2 amide bonds. The maximum absolute atomic E-state index is 12.7. The highest BCUT2D eigenvalue weighted by Crippen LogP contribution is 2.29. The van der Waals surface area contributed by atoms with E-state index in [0.717, 1.165) is 49.7 Å². The minimum atomic E-state index is -0.00819. The molecule has 0 aromatic heterocycles. The van der Waals surface area contributed by atoms with Crippen molar-refractivity contribution in [1.82, 2.24) is 9.80 Å². The Balaban J connectivity index is 1.28. The Kier molecular flexibility index (Phi) is 6.49. The van der Waals surface area contributed by atoms with Gasteiger partial charge in [0.25, 0.3) is 0 Å². The Morgan fingerprint density at radius 1 is 0.967 bits per heavy atom. The summed E-state index contributed by atoms with van der Waals surface area (Å²) in [5, 5.41) is 3.83. The molecule has 5 nitrogen and oxygen atoms in total. The zero-order valence-corrected chi connectivity index (χ0v) is 18.6. The van der Waals surface area contributed by atoms with Gasteiger partial charge in [0.05, 0.1) is 0 Å². The quantitative estimate of drug-likeness (QED) is 0.756. The van der Waals surface area contributed by atoms with Gasteiger partial charge in [0.2, 0.25) is 0 Å². The number of halogens is 1. The molecule has 0 aliphatic carbocycles. The number of likely N-dealkylation sites (N-methyl/N-ethyl adjacent to an activating group) is 1. The minimum absolute atomic E-state index is 0.00819. The fourth-order valence-corrected chi connectivity index (χ4v) is 4.63. The molecule has 0 spiro atoms. The van der Waals surface area contributed by atoms with Crippen molar-refractivity contribution in [3.63, 3.8) is 0 Å². The van der Waals surface area contributed by atoms with Crippen LogP contribution < -0.4 is 10.2 Å². The molecule has 2 aromatic rings. The van der Waals surface area contributed by atoms with E-state index in [0.29, 0.717) is 12.0 Å². The van der Waals surface area contributed by atoms with Crippen LogP contribution in [0.2, 0.25) is 5.02 Å². The lowest BCUT2D eigenvalue weighted by atomic mass is 9.89. The molecule has 2 saturated heterocycles. The summed E-state index contributed by atoms with van der Waals surface area (Å²) in [6.45, 7) is 3.69. The largest absolute Gasteiger partial charge is 0.370 e. The molecule has 0 bridgehead atoms. The Morgan fingerprint density at radius 2 is 1.63 bits per heavy atom. The molecular weight excluding hydrogens is 396 g/mol. The number of carbonyl (C=O) groups excluding carboxylic acids is 1. The molecule has 0 saturated carbocycles. The summed E-state index contributed by atoms with van der Waals surface area (Å²) in [5.41, 5.74) is 3.39. The fraction of sp³-hybridized carbons (Fsp3) is 0.458. The number of hydrogen-bond donors (Lipinski definition) is 1. The molecule has 2 heterocycles. The van der Waals surface area contributed by atoms with E-state index < -0.39 is 0 Å². The number of anilines is 2. The summed E-state index contributed by atoms with van der Waals surface area (Å²) in [6, 6.07) is 16.9. The van der Waals surface area contributed by atoms with Crippen molar-refractivity contribution in [3.05, 3.63) is 59.1 Å². The van der Waals surface area contributed by atoms with Gasteiger partial charge in [0.1, 0.15) is 0 Å². The number of carbonyl (C=O) groups is 1. The number of rotatable bonds is 4. The Labute approximate surface area is 184 Å². The molecule has 2 aliphatic rings. The van der Waals surface area contributed by atoms with Crippen LogP contribution in [0.5, 0.6) is 0 Å². The highest BCUT2D eigenvalue weighted by molar-refractivity contribution is 6.30. The molecule has 1 atom stereocenters. The van der Waals surface area contributed by atoms with Crippen molar-refractivity contribution in [3.8, 4) is 0 Å². The van der Waals surface area contributed by atoms with Crippen molar-refractivity contribution in [1.29, 1.82) is 0 Å². The van der Waals surface area contributed by atoms with Crippen molar-refractivity contribution in [2.24, 2.45) is 0 Å². The second-order valence-electron chi connectivity index (χ2n) is 8.64. The van der Waals surface area contributed by atoms with Crippen molar-refractivity contribution >= 4 is 29.0 Å². The third-order valence-electron chi connectivity index (χ3n) is 6.50. The normalized spacial score (nSPS) is 20.1. The van der Waals surface area contributed by atoms with Gasteiger partial charge in [-0.05, 0) is 81.2 Å². The van der Waals surface area contributed by atoms with Crippen LogP contribution in [-0.2, 0) is 0 Å². The highest BCUT2D eigenvalue weighted by atomic mass is 35.5.